The molecule has 4 rings (SSSR count). The van der Waals surface area contributed by atoms with Crippen molar-refractivity contribution in [2.75, 3.05) is 5.32 Å². The summed E-state index contributed by atoms with van der Waals surface area (Å²) in [6.07, 6.45) is 0. The van der Waals surface area contributed by atoms with E-state index in [1.54, 1.807) is 43.3 Å². The highest BCUT2D eigenvalue weighted by atomic mass is 35.5. The van der Waals surface area contributed by atoms with Crippen LogP contribution in [0.15, 0.2) is 59.1 Å². The van der Waals surface area contributed by atoms with Gasteiger partial charge in [0.1, 0.15) is 17.6 Å². The number of ether oxygens (including phenoxy) is 1. The van der Waals surface area contributed by atoms with Gasteiger partial charge >= 0.3 is 0 Å². The Morgan fingerprint density at radius 1 is 1.07 bits per heavy atom. The molecular formula is C21H17ClFN5O2. The highest BCUT2D eigenvalue weighted by molar-refractivity contribution is 6.29. The van der Waals surface area contributed by atoms with Gasteiger partial charge in [0.25, 0.3) is 0 Å². The minimum absolute atomic E-state index is 0.254. The largest absolute Gasteiger partial charge is 0.438 e. The first-order valence-corrected chi connectivity index (χ1v) is 9.49. The molecule has 1 N–H and O–H groups in total. The van der Waals surface area contributed by atoms with Gasteiger partial charge in [-0.2, -0.15) is 4.98 Å². The highest BCUT2D eigenvalue weighted by Crippen LogP contribution is 2.25. The molecule has 9 heteroatoms. The van der Waals surface area contributed by atoms with Crippen LogP contribution in [0.1, 0.15) is 24.4 Å². The Bertz CT molecular complexity index is 1150. The molecule has 7 nitrogen and oxygen atoms in total. The Hall–Kier alpha value is -3.52. The Balaban J connectivity index is 1.41. The van der Waals surface area contributed by atoms with E-state index in [1.165, 1.54) is 6.07 Å². The number of nitrogens with one attached hydrogen (secondary N) is 1. The van der Waals surface area contributed by atoms with E-state index in [4.69, 9.17) is 20.9 Å². The standard InChI is InChI=1S/C21H17ClFN5O2/c1-12-3-4-14(11-17(12)23)20-25-21(30-28-20)13(2)24-15-5-7-16(8-6-15)29-19-10-9-18(22)26-27-19/h3-11,13,24H,1-2H3/t13-/m1/s1. The summed E-state index contributed by atoms with van der Waals surface area (Å²) in [6, 6.07) is 15.1. The van der Waals surface area contributed by atoms with E-state index in [0.717, 1.165) is 5.69 Å². The molecule has 0 amide bonds. The van der Waals surface area contributed by atoms with Gasteiger partial charge in [-0.3, -0.25) is 0 Å². The number of benzene rings is 2. The van der Waals surface area contributed by atoms with Crippen molar-refractivity contribution in [1.82, 2.24) is 20.3 Å². The molecule has 4 aromatic rings. The molecule has 0 unspecified atom stereocenters. The zero-order valence-corrected chi connectivity index (χ0v) is 16.9. The van der Waals surface area contributed by atoms with Crippen molar-refractivity contribution in [3.63, 3.8) is 0 Å². The lowest BCUT2D eigenvalue weighted by atomic mass is 10.1. The Labute approximate surface area is 176 Å². The van der Waals surface area contributed by atoms with Crippen molar-refractivity contribution in [2.24, 2.45) is 0 Å². The summed E-state index contributed by atoms with van der Waals surface area (Å²) in [7, 11) is 0. The first-order valence-electron chi connectivity index (χ1n) is 9.12. The van der Waals surface area contributed by atoms with Gasteiger partial charge in [-0.1, -0.05) is 28.9 Å². The summed E-state index contributed by atoms with van der Waals surface area (Å²) in [5.74, 6) is 1.37. The average molecular weight is 426 g/mol. The molecule has 0 bridgehead atoms. The van der Waals surface area contributed by atoms with Crippen LogP contribution in [-0.4, -0.2) is 20.3 Å². The summed E-state index contributed by atoms with van der Waals surface area (Å²) in [5.41, 5.74) is 1.96. The van der Waals surface area contributed by atoms with Crippen LogP contribution >= 0.6 is 11.6 Å². The topological polar surface area (TPSA) is 86.0 Å². The molecule has 0 radical (unpaired) electrons. The molecule has 1 atom stereocenters. The zero-order valence-electron chi connectivity index (χ0n) is 16.1. The second-order valence-electron chi connectivity index (χ2n) is 6.61. The van der Waals surface area contributed by atoms with Gasteiger partial charge in [-0.05, 0) is 55.8 Å². The molecule has 0 fully saturated rings. The van der Waals surface area contributed by atoms with Gasteiger partial charge in [0.05, 0.1) is 0 Å². The number of hydrogen-bond acceptors (Lipinski definition) is 7. The fourth-order valence-corrected chi connectivity index (χ4v) is 2.77. The molecule has 2 aromatic carbocycles. The van der Waals surface area contributed by atoms with E-state index in [0.29, 0.717) is 39.6 Å². The van der Waals surface area contributed by atoms with Crippen LogP contribution in [0.3, 0.4) is 0 Å². The van der Waals surface area contributed by atoms with Crippen molar-refractivity contribution in [3.8, 4) is 23.0 Å². The average Bonchev–Trinajstić information content (AvgIpc) is 3.24. The minimum Gasteiger partial charge on any atom is -0.438 e. The third-order valence-corrected chi connectivity index (χ3v) is 4.51. The first kappa shape index (κ1) is 19.8. The number of aryl methyl sites for hydroxylation is 1. The van der Waals surface area contributed by atoms with Crippen molar-refractivity contribution in [3.05, 3.63) is 77.0 Å². The van der Waals surface area contributed by atoms with Crippen molar-refractivity contribution in [2.45, 2.75) is 19.9 Å². The second-order valence-corrected chi connectivity index (χ2v) is 6.99. The lowest BCUT2D eigenvalue weighted by Gasteiger charge is -2.11. The maximum atomic E-state index is 13.8. The minimum atomic E-state index is -0.308. The van der Waals surface area contributed by atoms with Crippen LogP contribution < -0.4 is 10.1 Å². The maximum Gasteiger partial charge on any atom is 0.249 e. The fraction of sp³-hybridized carbons (Fsp3) is 0.143. The second kappa shape index (κ2) is 8.46. The molecule has 2 heterocycles. The lowest BCUT2D eigenvalue weighted by molar-refractivity contribution is 0.368. The van der Waals surface area contributed by atoms with E-state index >= 15 is 0 Å². The Morgan fingerprint density at radius 2 is 1.87 bits per heavy atom. The number of rotatable bonds is 6. The molecule has 0 saturated carbocycles. The Kier molecular flexibility index (Phi) is 5.58. The van der Waals surface area contributed by atoms with Gasteiger partial charge in [-0.25, -0.2) is 4.39 Å². The van der Waals surface area contributed by atoms with E-state index in [9.17, 15) is 4.39 Å². The van der Waals surface area contributed by atoms with Crippen molar-refractivity contribution < 1.29 is 13.7 Å². The Morgan fingerprint density at radius 3 is 2.57 bits per heavy atom. The van der Waals surface area contributed by atoms with E-state index in [2.05, 4.69) is 25.7 Å². The van der Waals surface area contributed by atoms with Gasteiger partial charge in [0.2, 0.25) is 17.6 Å². The molecule has 0 aliphatic rings. The number of nitrogens with zero attached hydrogens (tertiary/aromatic N) is 4. The molecule has 2 aromatic heterocycles. The van der Waals surface area contributed by atoms with Crippen LogP contribution in [0.2, 0.25) is 5.15 Å². The monoisotopic (exact) mass is 425 g/mol. The van der Waals surface area contributed by atoms with Crippen LogP contribution in [0, 0.1) is 12.7 Å². The van der Waals surface area contributed by atoms with Crippen molar-refractivity contribution in [1.29, 1.82) is 0 Å². The lowest BCUT2D eigenvalue weighted by Crippen LogP contribution is -2.06. The third kappa shape index (κ3) is 4.55. The van der Waals surface area contributed by atoms with E-state index < -0.39 is 0 Å². The fourth-order valence-electron chi connectivity index (χ4n) is 2.67. The van der Waals surface area contributed by atoms with Gasteiger partial charge in [-0.15, -0.1) is 10.2 Å². The third-order valence-electron chi connectivity index (χ3n) is 4.31. The van der Waals surface area contributed by atoms with Crippen LogP contribution in [-0.2, 0) is 0 Å². The first-order chi connectivity index (χ1) is 14.5. The van der Waals surface area contributed by atoms with Gasteiger partial charge in [0.15, 0.2) is 5.15 Å². The van der Waals surface area contributed by atoms with Crippen LogP contribution in [0.25, 0.3) is 11.4 Å². The molecule has 152 valence electrons. The summed E-state index contributed by atoms with van der Waals surface area (Å²) < 4.78 is 24.7. The predicted molar refractivity (Wildman–Crippen MR) is 110 cm³/mol. The number of halogens is 2. The predicted octanol–water partition coefficient (Wildman–Crippen LogP) is 5.59. The van der Waals surface area contributed by atoms with Crippen LogP contribution in [0.4, 0.5) is 10.1 Å². The quantitative estimate of drug-likeness (QED) is 0.430. The normalized spacial score (nSPS) is 11.9. The summed E-state index contributed by atoms with van der Waals surface area (Å²) in [5, 5.41) is 15.1. The van der Waals surface area contributed by atoms with Crippen molar-refractivity contribution >= 4 is 17.3 Å². The van der Waals surface area contributed by atoms with E-state index in [-0.39, 0.29) is 11.9 Å². The number of anilines is 1. The van der Waals surface area contributed by atoms with Crippen LogP contribution in [0.5, 0.6) is 11.6 Å². The molecule has 0 spiro atoms. The van der Waals surface area contributed by atoms with Gasteiger partial charge in [0, 0.05) is 17.3 Å². The SMILES string of the molecule is Cc1ccc(-c2noc([C@@H](C)Nc3ccc(Oc4ccc(Cl)nn4)cc3)n2)cc1F. The zero-order chi connectivity index (χ0) is 21.1. The molecule has 30 heavy (non-hydrogen) atoms. The van der Waals surface area contributed by atoms with Gasteiger partial charge < -0.3 is 14.6 Å². The molecule has 0 aliphatic carbocycles. The number of hydrogen-bond donors (Lipinski definition) is 1. The smallest absolute Gasteiger partial charge is 0.249 e. The maximum absolute atomic E-state index is 13.8. The summed E-state index contributed by atoms with van der Waals surface area (Å²) >= 11 is 5.71. The molecular weight excluding hydrogens is 409 g/mol. The number of aromatic nitrogens is 4. The highest BCUT2D eigenvalue weighted by Gasteiger charge is 2.16. The molecule has 0 saturated heterocycles. The van der Waals surface area contributed by atoms with E-state index in [1.807, 2.05) is 19.1 Å². The summed E-state index contributed by atoms with van der Waals surface area (Å²) in [6.45, 7) is 3.59. The molecule has 0 aliphatic heterocycles. The summed E-state index contributed by atoms with van der Waals surface area (Å²) in [4.78, 5) is 4.37.